The minimum absolute atomic E-state index is 0.0534. The fourth-order valence-electron chi connectivity index (χ4n) is 1.99. The van der Waals surface area contributed by atoms with Gasteiger partial charge in [-0.1, -0.05) is 0 Å². The van der Waals surface area contributed by atoms with E-state index >= 15 is 0 Å². The summed E-state index contributed by atoms with van der Waals surface area (Å²) in [5.41, 5.74) is -0.0534. The Hall–Kier alpha value is -0.660. The van der Waals surface area contributed by atoms with Gasteiger partial charge in [-0.05, 0) is 25.7 Å². The molecule has 2 fully saturated rings. The number of ether oxygens (including phenoxy) is 1. The summed E-state index contributed by atoms with van der Waals surface area (Å²) in [6.45, 7) is 1.66. The van der Waals surface area contributed by atoms with Crippen molar-refractivity contribution in [3.63, 3.8) is 0 Å². The Kier molecular flexibility index (Phi) is 1.99. The SMILES string of the molecule is O=C=NC1(C2CCCOC2)CC1. The van der Waals surface area contributed by atoms with Crippen LogP contribution in [-0.4, -0.2) is 24.8 Å². The topological polar surface area (TPSA) is 38.7 Å². The first-order valence-corrected chi connectivity index (χ1v) is 4.54. The highest BCUT2D eigenvalue weighted by molar-refractivity contribution is 5.37. The van der Waals surface area contributed by atoms with Gasteiger partial charge < -0.3 is 4.74 Å². The van der Waals surface area contributed by atoms with Crippen LogP contribution in [0, 0.1) is 5.92 Å². The van der Waals surface area contributed by atoms with Crippen LogP contribution >= 0.6 is 0 Å². The Morgan fingerprint density at radius 3 is 2.83 bits per heavy atom. The van der Waals surface area contributed by atoms with E-state index in [0.717, 1.165) is 38.9 Å². The molecule has 0 N–H and O–H groups in total. The van der Waals surface area contributed by atoms with Gasteiger partial charge in [-0.3, -0.25) is 0 Å². The first kappa shape index (κ1) is 7.96. The highest BCUT2D eigenvalue weighted by Gasteiger charge is 2.50. The molecule has 0 amide bonds. The van der Waals surface area contributed by atoms with Crippen molar-refractivity contribution in [3.8, 4) is 0 Å². The van der Waals surface area contributed by atoms with Gasteiger partial charge in [-0.2, -0.15) is 4.99 Å². The lowest BCUT2D eigenvalue weighted by atomic mass is 9.92. The van der Waals surface area contributed by atoms with Gasteiger partial charge in [0.05, 0.1) is 12.1 Å². The molecule has 1 heterocycles. The molecule has 1 saturated heterocycles. The molecule has 0 aromatic carbocycles. The number of hydrogen-bond acceptors (Lipinski definition) is 3. The van der Waals surface area contributed by atoms with Crippen molar-refractivity contribution in [2.45, 2.75) is 31.2 Å². The monoisotopic (exact) mass is 167 g/mol. The van der Waals surface area contributed by atoms with Gasteiger partial charge in [0.15, 0.2) is 0 Å². The largest absolute Gasteiger partial charge is 0.381 e. The number of aliphatic imine (C=N–C) groups is 1. The Bertz CT molecular complexity index is 211. The molecule has 1 unspecified atom stereocenters. The van der Waals surface area contributed by atoms with E-state index in [-0.39, 0.29) is 5.54 Å². The summed E-state index contributed by atoms with van der Waals surface area (Å²) >= 11 is 0. The third-order valence-electron chi connectivity index (χ3n) is 2.95. The van der Waals surface area contributed by atoms with Crippen LogP contribution in [0.1, 0.15) is 25.7 Å². The number of rotatable bonds is 2. The summed E-state index contributed by atoms with van der Waals surface area (Å²) in [6.07, 6.45) is 6.06. The third kappa shape index (κ3) is 1.30. The molecule has 1 aliphatic heterocycles. The predicted octanol–water partition coefficient (Wildman–Crippen LogP) is 1.28. The van der Waals surface area contributed by atoms with Crippen molar-refractivity contribution in [3.05, 3.63) is 0 Å². The molecule has 12 heavy (non-hydrogen) atoms. The van der Waals surface area contributed by atoms with Crippen LogP contribution < -0.4 is 0 Å². The maximum Gasteiger partial charge on any atom is 0.235 e. The van der Waals surface area contributed by atoms with Gasteiger partial charge >= 0.3 is 0 Å². The maximum absolute atomic E-state index is 10.2. The molecule has 66 valence electrons. The van der Waals surface area contributed by atoms with E-state index in [9.17, 15) is 4.79 Å². The zero-order valence-corrected chi connectivity index (χ0v) is 7.08. The predicted molar refractivity (Wildman–Crippen MR) is 43.6 cm³/mol. The molecule has 2 rings (SSSR count). The molecule has 1 aliphatic carbocycles. The quantitative estimate of drug-likeness (QED) is 0.459. The van der Waals surface area contributed by atoms with Crippen LogP contribution in [0.3, 0.4) is 0 Å². The molecule has 1 atom stereocenters. The number of hydrogen-bond donors (Lipinski definition) is 0. The molecule has 0 spiro atoms. The van der Waals surface area contributed by atoms with E-state index in [1.165, 1.54) is 0 Å². The molecule has 3 heteroatoms. The van der Waals surface area contributed by atoms with Crippen LogP contribution in [-0.2, 0) is 9.53 Å². The summed E-state index contributed by atoms with van der Waals surface area (Å²) in [4.78, 5) is 14.1. The summed E-state index contributed by atoms with van der Waals surface area (Å²) < 4.78 is 5.36. The Labute approximate surface area is 71.8 Å². The Balaban J connectivity index is 2.02. The Morgan fingerprint density at radius 1 is 1.50 bits per heavy atom. The minimum atomic E-state index is -0.0534. The first-order chi connectivity index (χ1) is 5.87. The summed E-state index contributed by atoms with van der Waals surface area (Å²) in [5.74, 6) is 0.479. The molecule has 0 radical (unpaired) electrons. The number of nitrogens with zero attached hydrogens (tertiary/aromatic N) is 1. The smallest absolute Gasteiger partial charge is 0.235 e. The molecule has 1 saturated carbocycles. The van der Waals surface area contributed by atoms with Crippen molar-refractivity contribution < 1.29 is 9.53 Å². The zero-order chi connectivity index (χ0) is 8.44. The van der Waals surface area contributed by atoms with Crippen LogP contribution in [0.4, 0.5) is 0 Å². The van der Waals surface area contributed by atoms with E-state index in [2.05, 4.69) is 4.99 Å². The summed E-state index contributed by atoms with van der Waals surface area (Å²) in [5, 5.41) is 0. The number of isocyanates is 1. The first-order valence-electron chi connectivity index (χ1n) is 4.54. The zero-order valence-electron chi connectivity index (χ0n) is 7.08. The van der Waals surface area contributed by atoms with E-state index in [0.29, 0.717) is 5.92 Å². The minimum Gasteiger partial charge on any atom is -0.381 e. The highest BCUT2D eigenvalue weighted by atomic mass is 16.5. The lowest BCUT2D eigenvalue weighted by Crippen LogP contribution is -2.29. The van der Waals surface area contributed by atoms with Crippen molar-refractivity contribution in [2.75, 3.05) is 13.2 Å². The fraction of sp³-hybridized carbons (Fsp3) is 0.889. The molecular formula is C9H13NO2. The lowest BCUT2D eigenvalue weighted by molar-refractivity contribution is 0.0413. The second kappa shape index (κ2) is 3.00. The normalized spacial score (nSPS) is 32.2. The second-order valence-corrected chi connectivity index (χ2v) is 3.72. The van der Waals surface area contributed by atoms with Crippen molar-refractivity contribution in [2.24, 2.45) is 10.9 Å². The van der Waals surface area contributed by atoms with Crippen molar-refractivity contribution in [1.82, 2.24) is 0 Å². The average Bonchev–Trinajstić information content (AvgIpc) is 2.88. The standard InChI is InChI=1S/C9H13NO2/c11-7-10-9(3-4-9)8-2-1-5-12-6-8/h8H,1-6H2. The summed E-state index contributed by atoms with van der Waals surface area (Å²) in [6, 6.07) is 0. The van der Waals surface area contributed by atoms with E-state index < -0.39 is 0 Å². The highest BCUT2D eigenvalue weighted by Crippen LogP contribution is 2.48. The molecule has 0 bridgehead atoms. The van der Waals surface area contributed by atoms with Crippen molar-refractivity contribution >= 4 is 6.08 Å². The third-order valence-corrected chi connectivity index (χ3v) is 2.95. The van der Waals surface area contributed by atoms with E-state index in [4.69, 9.17) is 4.74 Å². The Morgan fingerprint density at radius 2 is 2.33 bits per heavy atom. The molecule has 0 aromatic rings. The lowest BCUT2D eigenvalue weighted by Gasteiger charge is -2.26. The van der Waals surface area contributed by atoms with E-state index in [1.807, 2.05) is 0 Å². The van der Waals surface area contributed by atoms with Gasteiger partial charge in [0, 0.05) is 12.5 Å². The molecule has 3 nitrogen and oxygen atoms in total. The van der Waals surface area contributed by atoms with Crippen molar-refractivity contribution in [1.29, 1.82) is 0 Å². The van der Waals surface area contributed by atoms with Gasteiger partial charge in [-0.25, -0.2) is 4.79 Å². The molecule has 2 aliphatic rings. The summed E-state index contributed by atoms with van der Waals surface area (Å²) in [7, 11) is 0. The van der Waals surface area contributed by atoms with Gasteiger partial charge in [0.25, 0.3) is 0 Å². The van der Waals surface area contributed by atoms with E-state index in [1.54, 1.807) is 6.08 Å². The molecule has 0 aromatic heterocycles. The number of carbonyl (C=O) groups excluding carboxylic acids is 1. The van der Waals surface area contributed by atoms with Crippen LogP contribution in [0.25, 0.3) is 0 Å². The van der Waals surface area contributed by atoms with Gasteiger partial charge in [-0.15, -0.1) is 0 Å². The average molecular weight is 167 g/mol. The van der Waals surface area contributed by atoms with Gasteiger partial charge in [0.2, 0.25) is 6.08 Å². The van der Waals surface area contributed by atoms with Crippen LogP contribution in [0.15, 0.2) is 4.99 Å². The van der Waals surface area contributed by atoms with Gasteiger partial charge in [0.1, 0.15) is 0 Å². The second-order valence-electron chi connectivity index (χ2n) is 3.72. The fourth-order valence-corrected chi connectivity index (χ4v) is 1.99. The molecular weight excluding hydrogens is 154 g/mol. The maximum atomic E-state index is 10.2. The van der Waals surface area contributed by atoms with Crippen LogP contribution in [0.2, 0.25) is 0 Å². The van der Waals surface area contributed by atoms with Crippen LogP contribution in [0.5, 0.6) is 0 Å².